The van der Waals surface area contributed by atoms with E-state index in [1.807, 2.05) is 0 Å². The lowest BCUT2D eigenvalue weighted by atomic mass is 9.91. The van der Waals surface area contributed by atoms with Crippen molar-refractivity contribution in [2.24, 2.45) is 11.8 Å². The topological polar surface area (TPSA) is 20.2 Å². The van der Waals surface area contributed by atoms with Gasteiger partial charge in [-0.05, 0) is 31.6 Å². The zero-order chi connectivity index (χ0) is 8.85. The van der Waals surface area contributed by atoms with Crippen molar-refractivity contribution >= 4 is 0 Å². The largest absolute Gasteiger partial charge is 0.396 e. The second kappa shape index (κ2) is 5.53. The Labute approximate surface area is 68.6 Å². The summed E-state index contributed by atoms with van der Waals surface area (Å²) in [5, 5.41) is 8.89. The molecule has 0 saturated carbocycles. The van der Waals surface area contributed by atoms with E-state index in [0.717, 1.165) is 6.42 Å². The van der Waals surface area contributed by atoms with Crippen molar-refractivity contribution in [3.05, 3.63) is 0 Å². The highest BCUT2D eigenvalue weighted by atomic mass is 19.1. The van der Waals surface area contributed by atoms with Gasteiger partial charge < -0.3 is 5.11 Å². The molecule has 2 atom stereocenters. The first kappa shape index (κ1) is 10.9. The molecule has 0 amide bonds. The van der Waals surface area contributed by atoms with E-state index in [1.54, 1.807) is 6.92 Å². The Bertz CT molecular complexity index is 91.6. The molecule has 1 nitrogen and oxygen atoms in total. The molecule has 2 heteroatoms. The summed E-state index contributed by atoms with van der Waals surface area (Å²) in [5.41, 5.74) is 0. The van der Waals surface area contributed by atoms with Gasteiger partial charge in [-0.1, -0.05) is 13.8 Å². The highest BCUT2D eigenvalue weighted by Gasteiger charge is 2.12. The van der Waals surface area contributed by atoms with Gasteiger partial charge in [-0.3, -0.25) is 0 Å². The zero-order valence-corrected chi connectivity index (χ0v) is 7.68. The molecule has 0 aliphatic rings. The third kappa shape index (κ3) is 5.19. The van der Waals surface area contributed by atoms with Crippen LogP contribution >= 0.6 is 0 Å². The van der Waals surface area contributed by atoms with E-state index in [2.05, 4.69) is 13.8 Å². The SMILES string of the molecule is CC(F)CC[C@H](CO)C(C)C. The van der Waals surface area contributed by atoms with Crippen LogP contribution in [0.15, 0.2) is 0 Å². The van der Waals surface area contributed by atoms with Crippen molar-refractivity contribution in [1.82, 2.24) is 0 Å². The van der Waals surface area contributed by atoms with Gasteiger partial charge in [-0.2, -0.15) is 0 Å². The lowest BCUT2D eigenvalue weighted by molar-refractivity contribution is 0.168. The molecular formula is C9H19FO. The first-order valence-electron chi connectivity index (χ1n) is 4.32. The second-order valence-electron chi connectivity index (χ2n) is 3.54. The van der Waals surface area contributed by atoms with Crippen LogP contribution in [0, 0.1) is 11.8 Å². The normalized spacial score (nSPS) is 16.9. The summed E-state index contributed by atoms with van der Waals surface area (Å²) in [6, 6.07) is 0. The third-order valence-electron chi connectivity index (χ3n) is 2.11. The van der Waals surface area contributed by atoms with Gasteiger partial charge in [0.1, 0.15) is 0 Å². The van der Waals surface area contributed by atoms with Gasteiger partial charge >= 0.3 is 0 Å². The van der Waals surface area contributed by atoms with E-state index in [-0.39, 0.29) is 12.5 Å². The highest BCUT2D eigenvalue weighted by Crippen LogP contribution is 2.17. The first-order chi connectivity index (χ1) is 5.07. The van der Waals surface area contributed by atoms with E-state index in [0.29, 0.717) is 12.3 Å². The number of hydrogen-bond acceptors (Lipinski definition) is 1. The van der Waals surface area contributed by atoms with Crippen LogP contribution in [0.2, 0.25) is 0 Å². The van der Waals surface area contributed by atoms with Crippen molar-refractivity contribution < 1.29 is 9.50 Å². The maximum atomic E-state index is 12.4. The summed E-state index contributed by atoms with van der Waals surface area (Å²) >= 11 is 0. The molecule has 0 radical (unpaired) electrons. The van der Waals surface area contributed by atoms with Crippen molar-refractivity contribution in [1.29, 1.82) is 0 Å². The van der Waals surface area contributed by atoms with Crippen LogP contribution in [-0.2, 0) is 0 Å². The average Bonchev–Trinajstić information content (AvgIpc) is 1.87. The number of alkyl halides is 1. The van der Waals surface area contributed by atoms with Gasteiger partial charge in [0.2, 0.25) is 0 Å². The van der Waals surface area contributed by atoms with Gasteiger partial charge in [0.25, 0.3) is 0 Å². The van der Waals surface area contributed by atoms with Crippen LogP contribution in [0.4, 0.5) is 4.39 Å². The summed E-state index contributed by atoms with van der Waals surface area (Å²) in [5.74, 6) is 0.729. The van der Waals surface area contributed by atoms with Gasteiger partial charge in [0.15, 0.2) is 0 Å². The predicted molar refractivity (Wildman–Crippen MR) is 45.2 cm³/mol. The van der Waals surface area contributed by atoms with Crippen LogP contribution in [0.5, 0.6) is 0 Å². The van der Waals surface area contributed by atoms with Gasteiger partial charge in [0, 0.05) is 6.61 Å². The molecule has 0 bridgehead atoms. The van der Waals surface area contributed by atoms with Crippen molar-refractivity contribution in [2.45, 2.75) is 39.8 Å². The fourth-order valence-electron chi connectivity index (χ4n) is 1.08. The fraction of sp³-hybridized carbons (Fsp3) is 1.00. The molecule has 1 N–H and O–H groups in total. The Hall–Kier alpha value is -0.110. The third-order valence-corrected chi connectivity index (χ3v) is 2.11. The second-order valence-corrected chi connectivity index (χ2v) is 3.54. The number of aliphatic hydroxyl groups is 1. The summed E-state index contributed by atoms with van der Waals surface area (Å²) in [6.45, 7) is 5.87. The number of rotatable bonds is 5. The molecule has 0 heterocycles. The molecule has 0 saturated heterocycles. The molecule has 0 fully saturated rings. The lowest BCUT2D eigenvalue weighted by Crippen LogP contribution is -2.14. The zero-order valence-electron chi connectivity index (χ0n) is 7.68. The number of hydrogen-bond donors (Lipinski definition) is 1. The Morgan fingerprint density at radius 3 is 2.00 bits per heavy atom. The molecule has 68 valence electrons. The quantitative estimate of drug-likeness (QED) is 0.658. The minimum atomic E-state index is -0.734. The van der Waals surface area contributed by atoms with Crippen LogP contribution in [0.1, 0.15) is 33.6 Å². The molecular weight excluding hydrogens is 143 g/mol. The molecule has 0 rings (SSSR count). The fourth-order valence-corrected chi connectivity index (χ4v) is 1.08. The van der Waals surface area contributed by atoms with Crippen molar-refractivity contribution in [3.8, 4) is 0 Å². The maximum absolute atomic E-state index is 12.4. The molecule has 1 unspecified atom stereocenters. The Morgan fingerprint density at radius 1 is 1.18 bits per heavy atom. The summed E-state index contributed by atoms with van der Waals surface area (Å²) in [6.07, 6.45) is 0.637. The van der Waals surface area contributed by atoms with Crippen LogP contribution < -0.4 is 0 Å². The van der Waals surface area contributed by atoms with Crippen LogP contribution in [0.3, 0.4) is 0 Å². The molecule has 0 aliphatic heterocycles. The minimum absolute atomic E-state index is 0.185. The van der Waals surface area contributed by atoms with Gasteiger partial charge in [-0.25, -0.2) is 4.39 Å². The van der Waals surface area contributed by atoms with Crippen LogP contribution in [0.25, 0.3) is 0 Å². The maximum Gasteiger partial charge on any atom is 0.0973 e. The molecule has 0 aliphatic carbocycles. The Kier molecular flexibility index (Phi) is 5.47. The van der Waals surface area contributed by atoms with Crippen molar-refractivity contribution in [3.63, 3.8) is 0 Å². The van der Waals surface area contributed by atoms with E-state index in [9.17, 15) is 4.39 Å². The molecule has 0 spiro atoms. The Morgan fingerprint density at radius 2 is 1.73 bits per heavy atom. The first-order valence-corrected chi connectivity index (χ1v) is 4.32. The summed E-state index contributed by atoms with van der Waals surface area (Å²) in [4.78, 5) is 0. The van der Waals surface area contributed by atoms with E-state index < -0.39 is 6.17 Å². The van der Waals surface area contributed by atoms with Gasteiger partial charge in [-0.15, -0.1) is 0 Å². The van der Waals surface area contributed by atoms with E-state index in [1.165, 1.54) is 0 Å². The van der Waals surface area contributed by atoms with E-state index in [4.69, 9.17) is 5.11 Å². The molecule has 11 heavy (non-hydrogen) atoms. The standard InChI is InChI=1S/C9H19FO/c1-7(2)9(6-11)5-4-8(3)10/h7-9,11H,4-6H2,1-3H3/t8?,9-/m1/s1. The van der Waals surface area contributed by atoms with Crippen LogP contribution in [-0.4, -0.2) is 17.9 Å². The smallest absolute Gasteiger partial charge is 0.0973 e. The predicted octanol–water partition coefficient (Wildman–Crippen LogP) is 2.39. The van der Waals surface area contributed by atoms with Gasteiger partial charge in [0.05, 0.1) is 6.17 Å². The monoisotopic (exact) mass is 162 g/mol. The van der Waals surface area contributed by atoms with Crippen molar-refractivity contribution in [2.75, 3.05) is 6.61 Å². The minimum Gasteiger partial charge on any atom is -0.396 e. The van der Waals surface area contributed by atoms with E-state index >= 15 is 0 Å². The average molecular weight is 162 g/mol. The molecule has 0 aromatic rings. The Balaban J connectivity index is 3.52. The summed E-state index contributed by atoms with van der Waals surface area (Å²) in [7, 11) is 0. The molecule has 0 aromatic carbocycles. The molecule has 0 aromatic heterocycles. The number of halogens is 1. The number of aliphatic hydroxyl groups excluding tert-OH is 1. The highest BCUT2D eigenvalue weighted by molar-refractivity contribution is 4.63. The lowest BCUT2D eigenvalue weighted by Gasteiger charge is -2.17. The summed E-state index contributed by atoms with van der Waals surface area (Å²) < 4.78 is 12.4.